The molecule has 0 atom stereocenters. The largest absolute Gasteiger partial charge is 0.399 e. The summed E-state index contributed by atoms with van der Waals surface area (Å²) >= 11 is 0. The molecule has 1 aromatic heterocycles. The van der Waals surface area contributed by atoms with E-state index in [0.717, 1.165) is 0 Å². The van der Waals surface area contributed by atoms with Gasteiger partial charge in [-0.05, 0) is 18.2 Å². The molecule has 2 aromatic rings. The molecule has 0 spiro atoms. The van der Waals surface area contributed by atoms with E-state index in [-0.39, 0.29) is 31.3 Å². The highest BCUT2D eigenvalue weighted by Crippen LogP contribution is 2.24. The van der Waals surface area contributed by atoms with E-state index in [1.54, 1.807) is 18.2 Å². The van der Waals surface area contributed by atoms with Crippen molar-refractivity contribution in [2.75, 3.05) is 32.1 Å². The normalized spacial score (nSPS) is 12.1. The van der Waals surface area contributed by atoms with E-state index in [0.29, 0.717) is 16.6 Å². The Labute approximate surface area is 116 Å². The molecule has 0 unspecified atom stereocenters. The summed E-state index contributed by atoms with van der Waals surface area (Å²) in [5.74, 6) is 0. The highest BCUT2D eigenvalue weighted by atomic mass is 32.2. The van der Waals surface area contributed by atoms with Crippen molar-refractivity contribution in [3.05, 3.63) is 24.4 Å². The summed E-state index contributed by atoms with van der Waals surface area (Å²) in [5.41, 5.74) is 6.88. The first-order chi connectivity index (χ1) is 9.54. The predicted octanol–water partition coefficient (Wildman–Crippen LogP) is 0.0373. The molecule has 0 aliphatic carbocycles. The van der Waals surface area contributed by atoms with Gasteiger partial charge in [-0.3, -0.25) is 0 Å². The molecule has 20 heavy (non-hydrogen) atoms. The molecule has 0 aliphatic heterocycles. The molecule has 1 heterocycles. The fraction of sp³-hybridized carbons (Fsp3) is 0.333. The van der Waals surface area contributed by atoms with Gasteiger partial charge in [0.05, 0.1) is 19.8 Å². The monoisotopic (exact) mass is 299 g/mol. The van der Waals surface area contributed by atoms with Gasteiger partial charge in [-0.15, -0.1) is 0 Å². The Balaban J connectivity index is 2.13. The molecule has 0 saturated heterocycles. The van der Waals surface area contributed by atoms with Crippen molar-refractivity contribution < 1.29 is 18.3 Å². The Morgan fingerprint density at radius 1 is 1.35 bits per heavy atom. The summed E-state index contributed by atoms with van der Waals surface area (Å²) in [7, 11) is -3.63. The highest BCUT2D eigenvalue weighted by Gasteiger charge is 2.18. The maximum Gasteiger partial charge on any atom is 0.242 e. The van der Waals surface area contributed by atoms with Crippen LogP contribution in [0, 0.1) is 0 Å². The third kappa shape index (κ3) is 3.28. The molecule has 0 saturated carbocycles. The van der Waals surface area contributed by atoms with Gasteiger partial charge in [0.1, 0.15) is 4.90 Å². The smallest absolute Gasteiger partial charge is 0.242 e. The van der Waals surface area contributed by atoms with Crippen molar-refractivity contribution in [2.45, 2.75) is 4.90 Å². The lowest BCUT2D eigenvalue weighted by atomic mass is 10.2. The van der Waals surface area contributed by atoms with E-state index in [4.69, 9.17) is 15.6 Å². The maximum atomic E-state index is 12.2. The number of nitrogen functional groups attached to an aromatic ring is 1. The van der Waals surface area contributed by atoms with Crippen LogP contribution in [0.1, 0.15) is 0 Å². The average molecular weight is 299 g/mol. The minimum absolute atomic E-state index is 0.0888. The third-order valence-electron chi connectivity index (χ3n) is 2.73. The number of aliphatic hydroxyl groups is 1. The Morgan fingerprint density at radius 3 is 2.90 bits per heavy atom. The van der Waals surface area contributed by atoms with Crippen molar-refractivity contribution in [1.82, 2.24) is 9.71 Å². The molecular formula is C12H17N3O4S. The number of anilines is 1. The van der Waals surface area contributed by atoms with Crippen LogP contribution >= 0.6 is 0 Å². The third-order valence-corrected chi connectivity index (χ3v) is 4.23. The second-order valence-electron chi connectivity index (χ2n) is 4.19. The molecule has 0 amide bonds. The van der Waals surface area contributed by atoms with E-state index in [1.165, 1.54) is 6.20 Å². The molecule has 5 N–H and O–H groups in total. The van der Waals surface area contributed by atoms with E-state index in [1.807, 2.05) is 0 Å². The van der Waals surface area contributed by atoms with Crippen molar-refractivity contribution >= 4 is 26.6 Å². The van der Waals surface area contributed by atoms with Crippen molar-refractivity contribution in [2.24, 2.45) is 0 Å². The van der Waals surface area contributed by atoms with E-state index < -0.39 is 10.0 Å². The predicted molar refractivity (Wildman–Crippen MR) is 75.8 cm³/mol. The highest BCUT2D eigenvalue weighted by molar-refractivity contribution is 7.89. The van der Waals surface area contributed by atoms with E-state index in [9.17, 15) is 8.42 Å². The minimum Gasteiger partial charge on any atom is -0.399 e. The standard InChI is InChI=1S/C12H17N3O4S/c13-9-1-2-11-10(7-9)12(8-14-11)20(17,18)15-3-5-19-6-4-16/h1-2,7-8,14-16H,3-6,13H2. The number of aromatic nitrogens is 1. The number of nitrogens with two attached hydrogens (primary N) is 1. The van der Waals surface area contributed by atoms with Crippen molar-refractivity contribution in [3.8, 4) is 0 Å². The summed E-state index contributed by atoms with van der Waals surface area (Å²) in [6.07, 6.45) is 1.43. The van der Waals surface area contributed by atoms with Gasteiger partial charge in [-0.25, -0.2) is 13.1 Å². The van der Waals surface area contributed by atoms with Gasteiger partial charge < -0.3 is 20.6 Å². The first-order valence-electron chi connectivity index (χ1n) is 6.09. The van der Waals surface area contributed by atoms with Crippen LogP contribution < -0.4 is 10.5 Å². The lowest BCUT2D eigenvalue weighted by Crippen LogP contribution is -2.27. The van der Waals surface area contributed by atoms with Gasteiger partial charge in [-0.2, -0.15) is 0 Å². The summed E-state index contributed by atoms with van der Waals surface area (Å²) in [6.45, 7) is 0.432. The maximum absolute atomic E-state index is 12.2. The number of aliphatic hydroxyl groups excluding tert-OH is 1. The summed E-state index contributed by atoms with van der Waals surface area (Å²) in [5, 5.41) is 9.09. The van der Waals surface area contributed by atoms with Crippen LogP contribution in [0.5, 0.6) is 0 Å². The Kier molecular flexibility index (Phi) is 4.61. The Hall–Kier alpha value is -1.61. The number of hydrogen-bond donors (Lipinski definition) is 4. The number of fused-ring (bicyclic) bond motifs is 1. The number of ether oxygens (including phenoxy) is 1. The molecule has 8 heteroatoms. The lowest BCUT2D eigenvalue weighted by molar-refractivity contribution is 0.0961. The zero-order valence-electron chi connectivity index (χ0n) is 10.8. The first kappa shape index (κ1) is 14.8. The van der Waals surface area contributed by atoms with Crippen LogP contribution in [-0.4, -0.2) is 44.9 Å². The molecule has 0 fully saturated rings. The summed E-state index contributed by atoms with van der Waals surface area (Å²) in [6, 6.07) is 5.04. The van der Waals surface area contributed by atoms with E-state index in [2.05, 4.69) is 9.71 Å². The molecule has 0 aliphatic rings. The second kappa shape index (κ2) is 6.23. The lowest BCUT2D eigenvalue weighted by Gasteiger charge is -2.06. The molecule has 110 valence electrons. The zero-order chi connectivity index (χ0) is 14.6. The van der Waals surface area contributed by atoms with E-state index >= 15 is 0 Å². The fourth-order valence-electron chi connectivity index (χ4n) is 1.83. The number of nitrogens with one attached hydrogen (secondary N) is 2. The summed E-state index contributed by atoms with van der Waals surface area (Å²) in [4.78, 5) is 3.05. The van der Waals surface area contributed by atoms with Gasteiger partial charge >= 0.3 is 0 Å². The van der Waals surface area contributed by atoms with Crippen LogP contribution in [-0.2, 0) is 14.8 Å². The van der Waals surface area contributed by atoms with Crippen LogP contribution in [0.3, 0.4) is 0 Å². The Bertz CT molecular complexity index is 681. The molecule has 0 bridgehead atoms. The van der Waals surface area contributed by atoms with Crippen LogP contribution in [0.4, 0.5) is 5.69 Å². The molecule has 0 radical (unpaired) electrons. The first-order valence-corrected chi connectivity index (χ1v) is 7.58. The average Bonchev–Trinajstić information content (AvgIpc) is 2.82. The number of hydrogen-bond acceptors (Lipinski definition) is 5. The van der Waals surface area contributed by atoms with Gasteiger partial charge in [0.15, 0.2) is 0 Å². The zero-order valence-corrected chi connectivity index (χ0v) is 11.6. The molecular weight excluding hydrogens is 282 g/mol. The molecule has 1 aromatic carbocycles. The summed E-state index contributed by atoms with van der Waals surface area (Å²) < 4.78 is 31.8. The quantitative estimate of drug-likeness (QED) is 0.425. The minimum atomic E-state index is -3.63. The number of aromatic amines is 1. The van der Waals surface area contributed by atoms with Gasteiger partial charge in [0, 0.05) is 29.3 Å². The number of rotatable bonds is 7. The van der Waals surface area contributed by atoms with Gasteiger partial charge in [-0.1, -0.05) is 0 Å². The fourth-order valence-corrected chi connectivity index (χ4v) is 3.01. The molecule has 2 rings (SSSR count). The van der Waals surface area contributed by atoms with Crippen molar-refractivity contribution in [3.63, 3.8) is 0 Å². The SMILES string of the molecule is Nc1ccc2[nH]cc(S(=O)(=O)NCCOCCO)c2c1. The van der Waals surface area contributed by atoms with Gasteiger partial charge in [0.25, 0.3) is 0 Å². The van der Waals surface area contributed by atoms with Gasteiger partial charge in [0.2, 0.25) is 10.0 Å². The van der Waals surface area contributed by atoms with Crippen LogP contribution in [0.2, 0.25) is 0 Å². The number of H-pyrrole nitrogens is 1. The number of sulfonamides is 1. The topological polar surface area (TPSA) is 117 Å². The number of benzene rings is 1. The van der Waals surface area contributed by atoms with Crippen LogP contribution in [0.15, 0.2) is 29.3 Å². The second-order valence-corrected chi connectivity index (χ2v) is 5.93. The molecule has 7 nitrogen and oxygen atoms in total. The van der Waals surface area contributed by atoms with Crippen LogP contribution in [0.25, 0.3) is 10.9 Å². The van der Waals surface area contributed by atoms with Crippen molar-refractivity contribution in [1.29, 1.82) is 0 Å². The Morgan fingerprint density at radius 2 is 2.15 bits per heavy atom.